The summed E-state index contributed by atoms with van der Waals surface area (Å²) >= 11 is 0. The number of aliphatic hydroxyl groups is 3. The maximum atomic E-state index is 12.4. The van der Waals surface area contributed by atoms with Crippen molar-refractivity contribution in [2.24, 2.45) is 5.73 Å². The molecular formula is C19H19NO8. The molecule has 9 nitrogen and oxygen atoms in total. The minimum atomic E-state index is -0.892. The summed E-state index contributed by atoms with van der Waals surface area (Å²) in [5.74, 6) is -2.73. The van der Waals surface area contributed by atoms with Crippen molar-refractivity contribution >= 4 is 23.3 Å². The van der Waals surface area contributed by atoms with Gasteiger partial charge in [-0.15, -0.1) is 0 Å². The van der Waals surface area contributed by atoms with Crippen LogP contribution >= 0.6 is 0 Å². The first-order chi connectivity index (χ1) is 13.4. The molecule has 0 atom stereocenters. The van der Waals surface area contributed by atoms with Gasteiger partial charge in [0.1, 0.15) is 6.61 Å². The molecule has 1 aromatic carbocycles. The van der Waals surface area contributed by atoms with Gasteiger partial charge in [-0.05, 0) is 6.07 Å². The molecule has 0 unspecified atom stereocenters. The van der Waals surface area contributed by atoms with Crippen LogP contribution in [0, 0.1) is 0 Å². The third-order valence-electron chi connectivity index (χ3n) is 3.57. The first-order valence-corrected chi connectivity index (χ1v) is 8.26. The van der Waals surface area contributed by atoms with Crippen LogP contribution < -0.4 is 5.73 Å². The average Bonchev–Trinajstić information content (AvgIpc) is 3.17. The lowest BCUT2D eigenvalue weighted by Gasteiger charge is -2.11. The van der Waals surface area contributed by atoms with E-state index in [9.17, 15) is 19.5 Å². The van der Waals surface area contributed by atoms with Gasteiger partial charge in [0, 0.05) is 17.7 Å². The molecule has 5 N–H and O–H groups in total. The molecule has 1 aromatic heterocycles. The van der Waals surface area contributed by atoms with Gasteiger partial charge in [0.2, 0.25) is 5.78 Å². The van der Waals surface area contributed by atoms with Crippen molar-refractivity contribution in [1.82, 2.24) is 0 Å². The number of ketones is 2. The lowest BCUT2D eigenvalue weighted by molar-refractivity contribution is -0.138. The summed E-state index contributed by atoms with van der Waals surface area (Å²) in [6, 6.07) is 7.53. The maximum absolute atomic E-state index is 12.4. The predicted octanol–water partition coefficient (Wildman–Crippen LogP) is 0.427. The highest BCUT2D eigenvalue weighted by Gasteiger charge is 2.33. The number of fused-ring (bicyclic) bond motifs is 2. The van der Waals surface area contributed by atoms with Crippen molar-refractivity contribution in [2.75, 3.05) is 26.4 Å². The first-order valence-electron chi connectivity index (χ1n) is 8.26. The van der Waals surface area contributed by atoms with Crippen LogP contribution in [0.25, 0.3) is 5.76 Å². The Labute approximate surface area is 159 Å². The smallest absolute Gasteiger partial charge is 0.334 e. The molecule has 0 spiro atoms. The number of benzene rings is 1. The van der Waals surface area contributed by atoms with E-state index in [-0.39, 0.29) is 48.0 Å². The van der Waals surface area contributed by atoms with Gasteiger partial charge in [-0.25, -0.2) is 4.79 Å². The number of furan rings is 1. The third-order valence-corrected chi connectivity index (χ3v) is 3.57. The SMILES string of the molecule is NCCO.O=C(/C=C(\O)c1cc2c(o1)C(=O)c1ccccc1C2=O)OCCO. The highest BCUT2D eigenvalue weighted by molar-refractivity contribution is 6.27. The van der Waals surface area contributed by atoms with Crippen molar-refractivity contribution in [3.8, 4) is 0 Å². The van der Waals surface area contributed by atoms with Crippen LogP contribution in [-0.2, 0) is 9.53 Å². The molecule has 0 radical (unpaired) electrons. The number of carbonyl (C=O) groups is 3. The summed E-state index contributed by atoms with van der Waals surface area (Å²) < 4.78 is 9.84. The summed E-state index contributed by atoms with van der Waals surface area (Å²) in [7, 11) is 0. The quantitative estimate of drug-likeness (QED) is 0.275. The van der Waals surface area contributed by atoms with Crippen molar-refractivity contribution < 1.29 is 38.9 Å². The van der Waals surface area contributed by atoms with Gasteiger partial charge in [-0.1, -0.05) is 24.3 Å². The monoisotopic (exact) mass is 389 g/mol. The minimum Gasteiger partial charge on any atom is -0.504 e. The highest BCUT2D eigenvalue weighted by Crippen LogP contribution is 2.31. The Hall–Kier alpha value is -3.27. The van der Waals surface area contributed by atoms with Crippen LogP contribution in [0.4, 0.5) is 0 Å². The molecule has 1 aliphatic rings. The second kappa shape index (κ2) is 9.60. The van der Waals surface area contributed by atoms with Crippen LogP contribution in [0.1, 0.15) is 37.8 Å². The van der Waals surface area contributed by atoms with Gasteiger partial charge in [-0.2, -0.15) is 0 Å². The van der Waals surface area contributed by atoms with Gasteiger partial charge < -0.3 is 30.2 Å². The maximum Gasteiger partial charge on any atom is 0.334 e. The number of nitrogens with two attached hydrogens (primary N) is 1. The Morgan fingerprint density at radius 1 is 1.07 bits per heavy atom. The van der Waals surface area contributed by atoms with E-state index in [1.165, 1.54) is 18.2 Å². The summed E-state index contributed by atoms with van der Waals surface area (Å²) in [6.45, 7) is -0.0970. The molecule has 9 heteroatoms. The average molecular weight is 389 g/mol. The second-order valence-electron chi connectivity index (χ2n) is 5.49. The normalized spacial score (nSPS) is 12.6. The molecular weight excluding hydrogens is 370 g/mol. The molecule has 1 aliphatic carbocycles. The van der Waals surface area contributed by atoms with Crippen molar-refractivity contribution in [1.29, 1.82) is 0 Å². The van der Waals surface area contributed by atoms with E-state index in [0.29, 0.717) is 6.54 Å². The van der Waals surface area contributed by atoms with E-state index in [4.69, 9.17) is 20.4 Å². The molecule has 0 saturated heterocycles. The molecule has 148 valence electrons. The van der Waals surface area contributed by atoms with Gasteiger partial charge in [0.05, 0.1) is 24.9 Å². The number of hydrogen-bond donors (Lipinski definition) is 4. The van der Waals surface area contributed by atoms with Crippen molar-refractivity contribution in [3.05, 3.63) is 64.6 Å². The fourth-order valence-corrected chi connectivity index (χ4v) is 2.37. The molecule has 2 aromatic rings. The van der Waals surface area contributed by atoms with Crippen LogP contribution in [-0.4, -0.2) is 59.2 Å². The largest absolute Gasteiger partial charge is 0.504 e. The Morgan fingerprint density at radius 2 is 1.68 bits per heavy atom. The van der Waals surface area contributed by atoms with Crippen LogP contribution in [0.2, 0.25) is 0 Å². The molecule has 3 rings (SSSR count). The van der Waals surface area contributed by atoms with Gasteiger partial charge in [0.15, 0.2) is 23.1 Å². The number of hydrogen-bond acceptors (Lipinski definition) is 9. The Morgan fingerprint density at radius 3 is 2.25 bits per heavy atom. The fraction of sp³-hybridized carbons (Fsp3) is 0.211. The number of esters is 1. The lowest BCUT2D eigenvalue weighted by Crippen LogP contribution is -2.18. The predicted molar refractivity (Wildman–Crippen MR) is 96.8 cm³/mol. The highest BCUT2D eigenvalue weighted by atomic mass is 16.5. The Bertz CT molecular complexity index is 858. The topological polar surface area (TPSA) is 160 Å². The van der Waals surface area contributed by atoms with E-state index in [0.717, 1.165) is 6.08 Å². The van der Waals surface area contributed by atoms with Crippen LogP contribution in [0.15, 0.2) is 40.8 Å². The third kappa shape index (κ3) is 4.52. The summed E-state index contributed by atoms with van der Waals surface area (Å²) in [4.78, 5) is 36.2. The molecule has 0 bridgehead atoms. The lowest BCUT2D eigenvalue weighted by atomic mass is 9.88. The van der Waals surface area contributed by atoms with E-state index in [2.05, 4.69) is 4.74 Å². The van der Waals surface area contributed by atoms with Gasteiger partial charge in [0.25, 0.3) is 0 Å². The van der Waals surface area contributed by atoms with Crippen LogP contribution in [0.5, 0.6) is 0 Å². The van der Waals surface area contributed by atoms with E-state index >= 15 is 0 Å². The minimum absolute atomic E-state index is 0.0253. The van der Waals surface area contributed by atoms with E-state index < -0.39 is 23.3 Å². The molecule has 28 heavy (non-hydrogen) atoms. The summed E-state index contributed by atoms with van der Waals surface area (Å²) in [5, 5.41) is 26.2. The number of rotatable bonds is 5. The van der Waals surface area contributed by atoms with E-state index in [1.54, 1.807) is 12.1 Å². The first kappa shape index (κ1) is 21.0. The molecule has 0 amide bonds. The molecule has 0 saturated carbocycles. The zero-order valence-corrected chi connectivity index (χ0v) is 14.8. The van der Waals surface area contributed by atoms with Crippen molar-refractivity contribution in [2.45, 2.75) is 0 Å². The van der Waals surface area contributed by atoms with Crippen LogP contribution in [0.3, 0.4) is 0 Å². The zero-order valence-electron chi connectivity index (χ0n) is 14.8. The summed E-state index contributed by atoms with van der Waals surface area (Å²) in [6.07, 6.45) is 0.738. The molecule has 1 heterocycles. The fourth-order valence-electron chi connectivity index (χ4n) is 2.37. The zero-order chi connectivity index (χ0) is 20.7. The number of ether oxygens (including phenoxy) is 1. The van der Waals surface area contributed by atoms with Gasteiger partial charge in [-0.3, -0.25) is 9.59 Å². The molecule has 0 aliphatic heterocycles. The Balaban J connectivity index is 0.000000640. The second-order valence-corrected chi connectivity index (χ2v) is 5.49. The van der Waals surface area contributed by atoms with Crippen molar-refractivity contribution in [3.63, 3.8) is 0 Å². The Kier molecular flexibility index (Phi) is 7.21. The summed E-state index contributed by atoms with van der Waals surface area (Å²) in [5.41, 5.74) is 5.28. The van der Waals surface area contributed by atoms with Gasteiger partial charge >= 0.3 is 5.97 Å². The standard InChI is InChI=1S/C17H12O7.C2H7NO/c18-5-6-23-14(20)8-12(19)13-7-11-15(21)9-3-1-2-4-10(9)16(22)17(11)24-13;3-1-2-4/h1-4,7-8,18-19H,5-6H2;4H,1-3H2/b12-8-;. The van der Waals surface area contributed by atoms with E-state index in [1.807, 2.05) is 0 Å². The molecule has 0 fully saturated rings. The number of carbonyl (C=O) groups excluding carboxylic acids is 3. The number of aliphatic hydroxyl groups excluding tert-OH is 3.